The highest BCUT2D eigenvalue weighted by Crippen LogP contribution is 2.12. The zero-order valence-electron chi connectivity index (χ0n) is 9.47. The van der Waals surface area contributed by atoms with Gasteiger partial charge in [-0.05, 0) is 30.5 Å². The number of rotatable bonds is 6. The molecule has 0 aliphatic heterocycles. The summed E-state index contributed by atoms with van der Waals surface area (Å²) in [7, 11) is 0. The molecular formula is C12H18F2N2. The smallest absolute Gasteiger partial charge is 0.126 e. The fraction of sp³-hybridized carbons (Fsp3) is 0.500. The van der Waals surface area contributed by atoms with Gasteiger partial charge >= 0.3 is 0 Å². The monoisotopic (exact) mass is 228 g/mol. The van der Waals surface area contributed by atoms with E-state index in [0.717, 1.165) is 25.3 Å². The van der Waals surface area contributed by atoms with Crippen molar-refractivity contribution in [2.45, 2.75) is 38.6 Å². The Morgan fingerprint density at radius 3 is 2.38 bits per heavy atom. The lowest BCUT2D eigenvalue weighted by Crippen LogP contribution is -2.36. The third kappa shape index (κ3) is 4.24. The lowest BCUT2D eigenvalue weighted by molar-refractivity contribution is 0.471. The number of hydrogen-bond donors (Lipinski definition) is 2. The SMILES string of the molecule is CCCCC(Cc1cc(F)cc(F)c1)NN. The first kappa shape index (κ1) is 13.1. The molecule has 0 aliphatic rings. The zero-order valence-corrected chi connectivity index (χ0v) is 9.47. The van der Waals surface area contributed by atoms with Gasteiger partial charge < -0.3 is 0 Å². The molecule has 3 N–H and O–H groups in total. The van der Waals surface area contributed by atoms with Crippen LogP contribution >= 0.6 is 0 Å². The number of nitrogens with one attached hydrogen (secondary N) is 1. The van der Waals surface area contributed by atoms with Crippen molar-refractivity contribution in [2.24, 2.45) is 5.84 Å². The predicted octanol–water partition coefficient (Wildman–Crippen LogP) is 2.53. The van der Waals surface area contributed by atoms with Crippen molar-refractivity contribution in [1.29, 1.82) is 0 Å². The quantitative estimate of drug-likeness (QED) is 0.580. The minimum Gasteiger partial charge on any atom is -0.271 e. The Balaban J connectivity index is 2.62. The van der Waals surface area contributed by atoms with Gasteiger partial charge in [0.1, 0.15) is 11.6 Å². The van der Waals surface area contributed by atoms with Crippen LogP contribution in [0.3, 0.4) is 0 Å². The summed E-state index contributed by atoms with van der Waals surface area (Å²) in [6.07, 6.45) is 3.58. The molecule has 0 radical (unpaired) electrons. The van der Waals surface area contributed by atoms with E-state index in [1.54, 1.807) is 0 Å². The molecule has 4 heteroatoms. The molecule has 0 saturated carbocycles. The van der Waals surface area contributed by atoms with Crippen molar-refractivity contribution >= 4 is 0 Å². The Hall–Kier alpha value is -1.00. The van der Waals surface area contributed by atoms with E-state index in [1.807, 2.05) is 0 Å². The Morgan fingerprint density at radius 1 is 1.25 bits per heavy atom. The topological polar surface area (TPSA) is 38.0 Å². The average Bonchev–Trinajstić information content (AvgIpc) is 2.22. The zero-order chi connectivity index (χ0) is 12.0. The van der Waals surface area contributed by atoms with Crippen LogP contribution in [0, 0.1) is 11.6 Å². The molecule has 0 heterocycles. The second-order valence-corrected chi connectivity index (χ2v) is 3.99. The Labute approximate surface area is 94.8 Å². The van der Waals surface area contributed by atoms with Crippen LogP contribution in [0.2, 0.25) is 0 Å². The maximum Gasteiger partial charge on any atom is 0.126 e. The molecule has 16 heavy (non-hydrogen) atoms. The van der Waals surface area contributed by atoms with Crippen molar-refractivity contribution in [2.75, 3.05) is 0 Å². The summed E-state index contributed by atoms with van der Waals surface area (Å²) in [6, 6.07) is 3.64. The van der Waals surface area contributed by atoms with E-state index in [2.05, 4.69) is 12.3 Å². The van der Waals surface area contributed by atoms with Crippen LogP contribution in [0.5, 0.6) is 0 Å². The summed E-state index contributed by atoms with van der Waals surface area (Å²) < 4.78 is 25.9. The lowest BCUT2D eigenvalue weighted by Gasteiger charge is -2.15. The summed E-state index contributed by atoms with van der Waals surface area (Å²) in [6.45, 7) is 2.09. The van der Waals surface area contributed by atoms with Crippen molar-refractivity contribution in [1.82, 2.24) is 5.43 Å². The third-order valence-electron chi connectivity index (χ3n) is 2.55. The minimum absolute atomic E-state index is 0.0705. The highest BCUT2D eigenvalue weighted by molar-refractivity contribution is 5.18. The molecule has 1 aromatic rings. The number of hydrogen-bond acceptors (Lipinski definition) is 2. The molecule has 0 saturated heterocycles. The maximum absolute atomic E-state index is 12.9. The van der Waals surface area contributed by atoms with E-state index in [-0.39, 0.29) is 6.04 Å². The van der Waals surface area contributed by atoms with E-state index < -0.39 is 11.6 Å². The van der Waals surface area contributed by atoms with Crippen molar-refractivity contribution < 1.29 is 8.78 Å². The number of nitrogens with two attached hydrogens (primary N) is 1. The fourth-order valence-electron chi connectivity index (χ4n) is 1.71. The average molecular weight is 228 g/mol. The molecular weight excluding hydrogens is 210 g/mol. The first-order valence-electron chi connectivity index (χ1n) is 5.56. The van der Waals surface area contributed by atoms with Gasteiger partial charge in [-0.1, -0.05) is 19.8 Å². The summed E-state index contributed by atoms with van der Waals surface area (Å²) in [5.41, 5.74) is 3.32. The van der Waals surface area contributed by atoms with Gasteiger partial charge in [-0.25, -0.2) is 8.78 Å². The number of unbranched alkanes of at least 4 members (excludes halogenated alkanes) is 1. The molecule has 0 aromatic heterocycles. The Bertz CT molecular complexity index is 309. The minimum atomic E-state index is -0.540. The van der Waals surface area contributed by atoms with Crippen LogP contribution in [0.4, 0.5) is 8.78 Å². The molecule has 90 valence electrons. The predicted molar refractivity (Wildman–Crippen MR) is 60.7 cm³/mol. The Morgan fingerprint density at radius 2 is 1.88 bits per heavy atom. The molecule has 1 unspecified atom stereocenters. The Kier molecular flexibility index (Phi) is 5.35. The van der Waals surface area contributed by atoms with Gasteiger partial charge in [-0.15, -0.1) is 0 Å². The summed E-state index contributed by atoms with van der Waals surface area (Å²) >= 11 is 0. The highest BCUT2D eigenvalue weighted by atomic mass is 19.1. The van der Waals surface area contributed by atoms with Crippen molar-refractivity contribution in [3.8, 4) is 0 Å². The number of hydrazine groups is 1. The fourth-order valence-corrected chi connectivity index (χ4v) is 1.71. The standard InChI is InChI=1S/C12H18F2N2/c1-2-3-4-12(16-15)7-9-5-10(13)8-11(14)6-9/h5-6,8,12,16H,2-4,7,15H2,1H3. The van der Waals surface area contributed by atoms with Crippen molar-refractivity contribution in [3.05, 3.63) is 35.4 Å². The first-order chi connectivity index (χ1) is 7.65. The molecule has 1 atom stereocenters. The van der Waals surface area contributed by atoms with Gasteiger partial charge in [-0.3, -0.25) is 11.3 Å². The molecule has 2 nitrogen and oxygen atoms in total. The summed E-state index contributed by atoms with van der Waals surface area (Å²) in [5, 5.41) is 0. The van der Waals surface area contributed by atoms with Crippen LogP contribution in [0.1, 0.15) is 31.7 Å². The van der Waals surface area contributed by atoms with E-state index in [4.69, 9.17) is 5.84 Å². The lowest BCUT2D eigenvalue weighted by atomic mass is 10.0. The molecule has 0 bridgehead atoms. The van der Waals surface area contributed by atoms with Gasteiger partial charge in [-0.2, -0.15) is 0 Å². The molecule has 1 rings (SSSR count). The maximum atomic E-state index is 12.9. The molecule has 0 spiro atoms. The van der Waals surface area contributed by atoms with Gasteiger partial charge in [0.25, 0.3) is 0 Å². The number of halogens is 2. The van der Waals surface area contributed by atoms with E-state index in [1.165, 1.54) is 12.1 Å². The van der Waals surface area contributed by atoms with Gasteiger partial charge in [0, 0.05) is 12.1 Å². The van der Waals surface area contributed by atoms with E-state index in [9.17, 15) is 8.78 Å². The van der Waals surface area contributed by atoms with E-state index >= 15 is 0 Å². The van der Waals surface area contributed by atoms with Gasteiger partial charge in [0.15, 0.2) is 0 Å². The molecule has 1 aromatic carbocycles. The summed E-state index contributed by atoms with van der Waals surface area (Å²) in [4.78, 5) is 0. The largest absolute Gasteiger partial charge is 0.271 e. The van der Waals surface area contributed by atoms with Crippen LogP contribution in [0.25, 0.3) is 0 Å². The van der Waals surface area contributed by atoms with Crippen molar-refractivity contribution in [3.63, 3.8) is 0 Å². The van der Waals surface area contributed by atoms with E-state index in [0.29, 0.717) is 12.0 Å². The molecule has 0 fully saturated rings. The second-order valence-electron chi connectivity index (χ2n) is 3.99. The van der Waals surface area contributed by atoms with Gasteiger partial charge in [0.05, 0.1) is 0 Å². The first-order valence-corrected chi connectivity index (χ1v) is 5.56. The number of benzene rings is 1. The van der Waals surface area contributed by atoms with Gasteiger partial charge in [0.2, 0.25) is 0 Å². The van der Waals surface area contributed by atoms with Crippen LogP contribution in [0.15, 0.2) is 18.2 Å². The van der Waals surface area contributed by atoms with Crippen LogP contribution in [-0.4, -0.2) is 6.04 Å². The molecule has 0 amide bonds. The molecule has 0 aliphatic carbocycles. The van der Waals surface area contributed by atoms with Crippen LogP contribution < -0.4 is 11.3 Å². The second kappa shape index (κ2) is 6.55. The third-order valence-corrected chi connectivity index (χ3v) is 2.55. The normalized spacial score (nSPS) is 12.8. The van der Waals surface area contributed by atoms with Crippen LogP contribution in [-0.2, 0) is 6.42 Å². The highest BCUT2D eigenvalue weighted by Gasteiger charge is 2.09. The summed E-state index contributed by atoms with van der Waals surface area (Å²) in [5.74, 6) is 4.32.